The Balaban J connectivity index is 1.53. The maximum Gasteiger partial charge on any atom is 0.338 e. The Morgan fingerprint density at radius 3 is 2.17 bits per heavy atom. The van der Waals surface area contributed by atoms with Crippen LogP contribution in [0.4, 0.5) is 5.69 Å². The van der Waals surface area contributed by atoms with Crippen molar-refractivity contribution >= 4 is 35.1 Å². The summed E-state index contributed by atoms with van der Waals surface area (Å²) >= 11 is 5.85. The van der Waals surface area contributed by atoms with E-state index >= 15 is 0 Å². The van der Waals surface area contributed by atoms with Gasteiger partial charge >= 0.3 is 5.97 Å². The van der Waals surface area contributed by atoms with Gasteiger partial charge in [0, 0.05) is 5.02 Å². The Morgan fingerprint density at radius 1 is 0.867 bits per heavy atom. The number of rotatable bonds is 5. The Bertz CT molecular complexity index is 1140. The third kappa shape index (κ3) is 3.72. The Labute approximate surface area is 178 Å². The Kier molecular flexibility index (Phi) is 5.38. The van der Waals surface area contributed by atoms with Crippen LogP contribution >= 0.6 is 11.6 Å². The molecule has 5 nitrogen and oxygen atoms in total. The van der Waals surface area contributed by atoms with E-state index in [-0.39, 0.29) is 23.3 Å². The number of fused-ring (bicyclic) bond motifs is 1. The lowest BCUT2D eigenvalue weighted by atomic mass is 10.1. The topological polar surface area (TPSA) is 63.7 Å². The van der Waals surface area contributed by atoms with Gasteiger partial charge in [-0.25, -0.2) is 9.69 Å². The summed E-state index contributed by atoms with van der Waals surface area (Å²) in [6, 6.07) is 18.6. The average molecular weight is 420 g/mol. The molecular weight excluding hydrogens is 402 g/mol. The van der Waals surface area contributed by atoms with E-state index in [2.05, 4.69) is 0 Å². The fourth-order valence-electron chi connectivity index (χ4n) is 3.30. The van der Waals surface area contributed by atoms with Crippen molar-refractivity contribution in [3.05, 3.63) is 99.6 Å². The standard InChI is InChI=1S/C24H18ClNO4/c1-2-15-5-10-19(11-6-15)26-22(27)20-12-7-17(13-21(20)23(26)28)24(29)30-14-16-3-8-18(25)9-4-16/h3-13H,2,14H2,1H3. The number of amides is 2. The van der Waals surface area contributed by atoms with Crippen LogP contribution in [0.2, 0.25) is 5.02 Å². The zero-order valence-corrected chi connectivity index (χ0v) is 17.0. The molecule has 4 rings (SSSR count). The molecule has 1 aliphatic heterocycles. The van der Waals surface area contributed by atoms with Gasteiger partial charge < -0.3 is 4.74 Å². The number of carbonyl (C=O) groups is 3. The predicted octanol–water partition coefficient (Wildman–Crippen LogP) is 5.06. The van der Waals surface area contributed by atoms with E-state index in [0.29, 0.717) is 10.7 Å². The van der Waals surface area contributed by atoms with Crippen LogP contribution in [0.25, 0.3) is 0 Å². The van der Waals surface area contributed by atoms with Gasteiger partial charge in [-0.15, -0.1) is 0 Å². The number of hydrogen-bond donors (Lipinski definition) is 0. The molecule has 0 aromatic heterocycles. The van der Waals surface area contributed by atoms with E-state index in [1.807, 2.05) is 19.1 Å². The highest BCUT2D eigenvalue weighted by Gasteiger charge is 2.37. The highest BCUT2D eigenvalue weighted by atomic mass is 35.5. The molecule has 0 fully saturated rings. The number of esters is 1. The van der Waals surface area contributed by atoms with Crippen molar-refractivity contribution in [2.75, 3.05) is 4.90 Å². The first-order valence-corrected chi connectivity index (χ1v) is 9.89. The molecule has 0 unspecified atom stereocenters. The van der Waals surface area contributed by atoms with Crippen molar-refractivity contribution in [2.24, 2.45) is 0 Å². The van der Waals surface area contributed by atoms with Gasteiger partial charge in [-0.2, -0.15) is 0 Å². The third-order valence-corrected chi connectivity index (χ3v) is 5.26. The Morgan fingerprint density at radius 2 is 1.50 bits per heavy atom. The van der Waals surface area contributed by atoms with E-state index < -0.39 is 17.8 Å². The summed E-state index contributed by atoms with van der Waals surface area (Å²) in [4.78, 5) is 39.2. The molecule has 3 aromatic rings. The molecule has 0 atom stereocenters. The lowest BCUT2D eigenvalue weighted by Gasteiger charge is -2.14. The first kappa shape index (κ1) is 19.9. The number of aryl methyl sites for hydroxylation is 1. The first-order chi connectivity index (χ1) is 14.5. The largest absolute Gasteiger partial charge is 0.457 e. The molecule has 1 aliphatic rings. The quantitative estimate of drug-likeness (QED) is 0.428. The average Bonchev–Trinajstić information content (AvgIpc) is 3.03. The maximum atomic E-state index is 12.9. The van der Waals surface area contributed by atoms with E-state index in [1.165, 1.54) is 18.2 Å². The molecule has 1 heterocycles. The zero-order chi connectivity index (χ0) is 21.3. The number of anilines is 1. The summed E-state index contributed by atoms with van der Waals surface area (Å²) in [5.74, 6) is -1.43. The van der Waals surface area contributed by atoms with Crippen LogP contribution in [-0.4, -0.2) is 17.8 Å². The van der Waals surface area contributed by atoms with Gasteiger partial charge in [0.25, 0.3) is 11.8 Å². The molecule has 6 heteroatoms. The first-order valence-electron chi connectivity index (χ1n) is 9.51. The van der Waals surface area contributed by atoms with Crippen molar-refractivity contribution in [3.8, 4) is 0 Å². The number of nitrogens with zero attached hydrogens (tertiary/aromatic N) is 1. The molecule has 0 saturated carbocycles. The molecule has 0 radical (unpaired) electrons. The minimum Gasteiger partial charge on any atom is -0.457 e. The van der Waals surface area contributed by atoms with Gasteiger partial charge in [-0.05, 0) is 60.0 Å². The SMILES string of the molecule is CCc1ccc(N2C(=O)c3ccc(C(=O)OCc4ccc(Cl)cc4)cc3C2=O)cc1. The fraction of sp³-hybridized carbons (Fsp3) is 0.125. The maximum absolute atomic E-state index is 12.9. The lowest BCUT2D eigenvalue weighted by Crippen LogP contribution is -2.29. The molecule has 0 saturated heterocycles. The second kappa shape index (κ2) is 8.13. The molecule has 0 bridgehead atoms. The van der Waals surface area contributed by atoms with E-state index in [4.69, 9.17) is 16.3 Å². The highest BCUT2D eigenvalue weighted by Crippen LogP contribution is 2.29. The smallest absolute Gasteiger partial charge is 0.338 e. The number of carbonyl (C=O) groups excluding carboxylic acids is 3. The van der Waals surface area contributed by atoms with Crippen LogP contribution in [0.3, 0.4) is 0 Å². The molecule has 2 amide bonds. The molecule has 150 valence electrons. The predicted molar refractivity (Wildman–Crippen MR) is 114 cm³/mol. The van der Waals surface area contributed by atoms with Gasteiger partial charge in [0.05, 0.1) is 22.4 Å². The summed E-state index contributed by atoms with van der Waals surface area (Å²) in [5, 5.41) is 0.598. The third-order valence-electron chi connectivity index (χ3n) is 5.01. The molecular formula is C24H18ClNO4. The summed E-state index contributed by atoms with van der Waals surface area (Å²) < 4.78 is 5.32. The van der Waals surface area contributed by atoms with E-state index in [0.717, 1.165) is 22.4 Å². The second-order valence-corrected chi connectivity index (χ2v) is 7.37. The van der Waals surface area contributed by atoms with Crippen LogP contribution in [0, 0.1) is 0 Å². The van der Waals surface area contributed by atoms with Crippen molar-refractivity contribution in [2.45, 2.75) is 20.0 Å². The second-order valence-electron chi connectivity index (χ2n) is 6.93. The van der Waals surface area contributed by atoms with Crippen molar-refractivity contribution in [1.82, 2.24) is 0 Å². The zero-order valence-electron chi connectivity index (χ0n) is 16.2. The van der Waals surface area contributed by atoms with Gasteiger partial charge in [0.15, 0.2) is 0 Å². The van der Waals surface area contributed by atoms with Crippen LogP contribution in [0.1, 0.15) is 49.1 Å². The number of halogens is 1. The molecule has 0 spiro atoms. The van der Waals surface area contributed by atoms with Crippen LogP contribution < -0.4 is 4.90 Å². The summed E-state index contributed by atoms with van der Waals surface area (Å²) in [6.07, 6.45) is 0.865. The van der Waals surface area contributed by atoms with Crippen LogP contribution in [0.15, 0.2) is 66.7 Å². The van der Waals surface area contributed by atoms with E-state index in [9.17, 15) is 14.4 Å². The minimum absolute atomic E-state index is 0.0792. The monoisotopic (exact) mass is 419 g/mol. The Hall–Kier alpha value is -3.44. The normalized spacial score (nSPS) is 12.8. The highest BCUT2D eigenvalue weighted by molar-refractivity contribution is 6.34. The van der Waals surface area contributed by atoms with Crippen molar-refractivity contribution in [1.29, 1.82) is 0 Å². The van der Waals surface area contributed by atoms with E-state index in [1.54, 1.807) is 36.4 Å². The van der Waals surface area contributed by atoms with Crippen molar-refractivity contribution < 1.29 is 19.1 Å². The fourth-order valence-corrected chi connectivity index (χ4v) is 3.42. The number of hydrogen-bond acceptors (Lipinski definition) is 4. The molecule has 30 heavy (non-hydrogen) atoms. The minimum atomic E-state index is -0.571. The van der Waals surface area contributed by atoms with Crippen molar-refractivity contribution in [3.63, 3.8) is 0 Å². The van der Waals surface area contributed by atoms with Gasteiger partial charge in [-0.3, -0.25) is 9.59 Å². The molecule has 0 aliphatic carbocycles. The molecule has 3 aromatic carbocycles. The number of ether oxygens (including phenoxy) is 1. The number of benzene rings is 3. The summed E-state index contributed by atoms with van der Waals surface area (Å²) in [6.45, 7) is 2.11. The molecule has 0 N–H and O–H groups in total. The van der Waals surface area contributed by atoms with Crippen LogP contribution in [-0.2, 0) is 17.8 Å². The van der Waals surface area contributed by atoms with Gasteiger partial charge in [0.1, 0.15) is 6.61 Å². The van der Waals surface area contributed by atoms with Crippen LogP contribution in [0.5, 0.6) is 0 Å². The van der Waals surface area contributed by atoms with Gasteiger partial charge in [0.2, 0.25) is 0 Å². The number of imide groups is 1. The van der Waals surface area contributed by atoms with Gasteiger partial charge in [-0.1, -0.05) is 42.8 Å². The summed E-state index contributed by atoms with van der Waals surface area (Å²) in [7, 11) is 0. The lowest BCUT2D eigenvalue weighted by molar-refractivity contribution is 0.0472. The summed E-state index contributed by atoms with van der Waals surface area (Å²) in [5.41, 5.74) is 3.09.